The van der Waals surface area contributed by atoms with E-state index in [-0.39, 0.29) is 10.8 Å². The summed E-state index contributed by atoms with van der Waals surface area (Å²) in [5.41, 5.74) is 3.09. The number of rotatable bonds is 6. The van der Waals surface area contributed by atoms with Gasteiger partial charge >= 0.3 is 0 Å². The lowest BCUT2D eigenvalue weighted by molar-refractivity contribution is 0.0303. The van der Waals surface area contributed by atoms with Crippen molar-refractivity contribution in [3.8, 4) is 0 Å². The van der Waals surface area contributed by atoms with Crippen LogP contribution in [0.3, 0.4) is 0 Å². The molecule has 1 fully saturated rings. The summed E-state index contributed by atoms with van der Waals surface area (Å²) in [7, 11) is -3.76. The molecule has 0 aromatic heterocycles. The van der Waals surface area contributed by atoms with Crippen molar-refractivity contribution in [2.45, 2.75) is 18.7 Å². The Kier molecular flexibility index (Phi) is 7.18. The largest absolute Gasteiger partial charge is 0.378 e. The van der Waals surface area contributed by atoms with Gasteiger partial charge < -0.3 is 15.0 Å². The lowest BCUT2D eigenvalue weighted by Gasteiger charge is -2.27. The zero-order valence-corrected chi connectivity index (χ0v) is 20.4. The monoisotopic (exact) mass is 493 g/mol. The molecule has 2 amide bonds. The van der Waals surface area contributed by atoms with Crippen LogP contribution in [0.2, 0.25) is 0 Å². The number of ether oxygens (including phenoxy) is 1. The molecule has 3 aromatic rings. The zero-order valence-electron chi connectivity index (χ0n) is 19.6. The molecular formula is C26H27N3O5S. The summed E-state index contributed by atoms with van der Waals surface area (Å²) in [5, 5.41) is 2.82. The second kappa shape index (κ2) is 10.3. The van der Waals surface area contributed by atoms with E-state index in [2.05, 4.69) is 10.0 Å². The number of morpholine rings is 1. The first-order valence-corrected chi connectivity index (χ1v) is 12.7. The highest BCUT2D eigenvalue weighted by atomic mass is 32.2. The number of hydrogen-bond donors (Lipinski definition) is 2. The zero-order chi connectivity index (χ0) is 25.0. The summed E-state index contributed by atoms with van der Waals surface area (Å²) >= 11 is 0. The van der Waals surface area contributed by atoms with Crippen molar-refractivity contribution in [1.82, 2.24) is 4.90 Å². The van der Waals surface area contributed by atoms with E-state index in [1.165, 1.54) is 0 Å². The smallest absolute Gasteiger partial charge is 0.261 e. The number of aryl methyl sites for hydroxylation is 2. The first kappa shape index (κ1) is 24.4. The number of hydrogen-bond acceptors (Lipinski definition) is 5. The molecule has 2 N–H and O–H groups in total. The van der Waals surface area contributed by atoms with E-state index in [9.17, 15) is 18.0 Å². The lowest BCUT2D eigenvalue weighted by Crippen LogP contribution is -2.41. The molecule has 9 heteroatoms. The third-order valence-electron chi connectivity index (χ3n) is 5.77. The number of para-hydroxylation sites is 1. The average Bonchev–Trinajstić information content (AvgIpc) is 2.86. The standard InChI is InChI=1S/C26H27N3O5S/c1-18-7-10-21(11-8-18)35(32,33)28-23-12-9-20(17-19(23)2)25(30)27-24-6-4-3-5-22(24)26(31)29-13-15-34-16-14-29/h3-12,17,28H,13-16H2,1-2H3,(H,27,30). The molecule has 1 saturated heterocycles. The Hall–Kier alpha value is -3.69. The Balaban J connectivity index is 1.50. The number of nitrogens with zero attached hydrogens (tertiary/aromatic N) is 1. The van der Waals surface area contributed by atoms with Crippen molar-refractivity contribution in [3.63, 3.8) is 0 Å². The second-order valence-corrected chi connectivity index (χ2v) is 10.0. The quantitative estimate of drug-likeness (QED) is 0.543. The highest BCUT2D eigenvalue weighted by molar-refractivity contribution is 7.92. The molecule has 0 aliphatic carbocycles. The fourth-order valence-electron chi connectivity index (χ4n) is 3.75. The second-order valence-electron chi connectivity index (χ2n) is 8.35. The van der Waals surface area contributed by atoms with E-state index in [1.54, 1.807) is 78.6 Å². The Morgan fingerprint density at radius 3 is 2.26 bits per heavy atom. The summed E-state index contributed by atoms with van der Waals surface area (Å²) in [5.74, 6) is -0.565. The molecule has 1 aliphatic heterocycles. The van der Waals surface area contributed by atoms with E-state index in [1.807, 2.05) is 6.92 Å². The maximum atomic E-state index is 13.0. The molecule has 0 unspecified atom stereocenters. The van der Waals surface area contributed by atoms with Crippen LogP contribution in [0.1, 0.15) is 31.8 Å². The van der Waals surface area contributed by atoms with Crippen LogP contribution >= 0.6 is 0 Å². The molecule has 3 aromatic carbocycles. The summed E-state index contributed by atoms with van der Waals surface area (Å²) < 4.78 is 33.3. The maximum Gasteiger partial charge on any atom is 0.261 e. The molecule has 1 aliphatic rings. The van der Waals surface area contributed by atoms with Crippen LogP contribution in [0.4, 0.5) is 11.4 Å². The van der Waals surface area contributed by atoms with Gasteiger partial charge in [0, 0.05) is 18.7 Å². The van der Waals surface area contributed by atoms with Crippen LogP contribution in [0, 0.1) is 13.8 Å². The van der Waals surface area contributed by atoms with Gasteiger partial charge in [0.15, 0.2) is 0 Å². The predicted molar refractivity (Wildman–Crippen MR) is 134 cm³/mol. The normalized spacial score (nSPS) is 13.8. The molecule has 4 rings (SSSR count). The predicted octanol–water partition coefficient (Wildman–Crippen LogP) is 3.83. The number of sulfonamides is 1. The van der Waals surface area contributed by atoms with Crippen LogP contribution < -0.4 is 10.0 Å². The van der Waals surface area contributed by atoms with Gasteiger partial charge in [0.25, 0.3) is 21.8 Å². The topological polar surface area (TPSA) is 105 Å². The summed E-state index contributed by atoms with van der Waals surface area (Å²) in [6.45, 7) is 5.58. The van der Waals surface area contributed by atoms with Gasteiger partial charge in [0.2, 0.25) is 0 Å². The number of anilines is 2. The molecule has 8 nitrogen and oxygen atoms in total. The number of nitrogens with one attached hydrogen (secondary N) is 2. The number of carbonyl (C=O) groups is 2. The van der Waals surface area contributed by atoms with Crippen LogP contribution in [-0.4, -0.2) is 51.4 Å². The molecule has 182 valence electrons. The maximum absolute atomic E-state index is 13.0. The average molecular weight is 494 g/mol. The van der Waals surface area contributed by atoms with Gasteiger partial charge in [-0.1, -0.05) is 29.8 Å². The molecular weight excluding hydrogens is 466 g/mol. The number of benzene rings is 3. The van der Waals surface area contributed by atoms with Gasteiger partial charge in [-0.25, -0.2) is 8.42 Å². The summed E-state index contributed by atoms with van der Waals surface area (Å²) in [6.07, 6.45) is 0. The fraction of sp³-hybridized carbons (Fsp3) is 0.231. The molecule has 0 atom stereocenters. The number of amides is 2. The Morgan fingerprint density at radius 1 is 0.886 bits per heavy atom. The fourth-order valence-corrected chi connectivity index (χ4v) is 4.88. The van der Waals surface area contributed by atoms with Crippen molar-refractivity contribution >= 4 is 33.2 Å². The van der Waals surface area contributed by atoms with Gasteiger partial charge in [0.1, 0.15) is 0 Å². The van der Waals surface area contributed by atoms with Gasteiger partial charge in [-0.2, -0.15) is 0 Å². The van der Waals surface area contributed by atoms with Gasteiger partial charge in [-0.3, -0.25) is 14.3 Å². The van der Waals surface area contributed by atoms with Crippen LogP contribution in [0.15, 0.2) is 71.6 Å². The van der Waals surface area contributed by atoms with Crippen molar-refractivity contribution in [3.05, 3.63) is 89.0 Å². The van der Waals surface area contributed by atoms with E-state index in [0.29, 0.717) is 54.4 Å². The number of carbonyl (C=O) groups excluding carboxylic acids is 2. The summed E-state index contributed by atoms with van der Waals surface area (Å²) in [4.78, 5) is 27.8. The highest BCUT2D eigenvalue weighted by Gasteiger charge is 2.22. The van der Waals surface area contributed by atoms with Gasteiger partial charge in [-0.05, 0) is 61.9 Å². The van der Waals surface area contributed by atoms with Crippen LogP contribution in [0.25, 0.3) is 0 Å². The molecule has 0 radical (unpaired) electrons. The van der Waals surface area contributed by atoms with Gasteiger partial charge in [0.05, 0.1) is 35.0 Å². The third kappa shape index (κ3) is 5.70. The first-order valence-electron chi connectivity index (χ1n) is 11.2. The lowest BCUT2D eigenvalue weighted by atomic mass is 10.1. The van der Waals surface area contributed by atoms with Crippen molar-refractivity contribution in [2.24, 2.45) is 0 Å². The molecule has 0 spiro atoms. The third-order valence-corrected chi connectivity index (χ3v) is 7.15. The molecule has 1 heterocycles. The Labute approximate surface area is 205 Å². The Bertz CT molecular complexity index is 1350. The van der Waals surface area contributed by atoms with Crippen LogP contribution in [-0.2, 0) is 14.8 Å². The Morgan fingerprint density at radius 2 is 1.57 bits per heavy atom. The van der Waals surface area contributed by atoms with E-state index >= 15 is 0 Å². The molecule has 0 saturated carbocycles. The summed E-state index contributed by atoms with van der Waals surface area (Å²) in [6, 6.07) is 18.1. The van der Waals surface area contributed by atoms with Crippen LogP contribution in [0.5, 0.6) is 0 Å². The molecule has 35 heavy (non-hydrogen) atoms. The van der Waals surface area contributed by atoms with Crippen molar-refractivity contribution in [2.75, 3.05) is 36.3 Å². The SMILES string of the molecule is Cc1ccc(S(=O)(=O)Nc2ccc(C(=O)Nc3ccccc3C(=O)N3CCOCC3)cc2C)cc1. The minimum atomic E-state index is -3.76. The highest BCUT2D eigenvalue weighted by Crippen LogP contribution is 2.23. The van der Waals surface area contributed by atoms with Crippen molar-refractivity contribution in [1.29, 1.82) is 0 Å². The minimum Gasteiger partial charge on any atom is -0.378 e. The van der Waals surface area contributed by atoms with Gasteiger partial charge in [-0.15, -0.1) is 0 Å². The van der Waals surface area contributed by atoms with E-state index < -0.39 is 15.9 Å². The van der Waals surface area contributed by atoms with E-state index in [0.717, 1.165) is 5.56 Å². The van der Waals surface area contributed by atoms with E-state index in [4.69, 9.17) is 4.74 Å². The molecule has 0 bridgehead atoms. The van der Waals surface area contributed by atoms with Crippen molar-refractivity contribution < 1.29 is 22.7 Å². The minimum absolute atomic E-state index is 0.158. The first-order chi connectivity index (χ1) is 16.7.